The number of rotatable bonds is 5. The third kappa shape index (κ3) is 3.42. The summed E-state index contributed by atoms with van der Waals surface area (Å²) in [7, 11) is 0. The Hall–Kier alpha value is -3.03. The molecule has 0 radical (unpaired) electrons. The van der Waals surface area contributed by atoms with Gasteiger partial charge in [0.05, 0.1) is 17.9 Å². The molecule has 0 fully saturated rings. The Balaban J connectivity index is 1.70. The van der Waals surface area contributed by atoms with E-state index >= 15 is 0 Å². The molecule has 0 aliphatic carbocycles. The van der Waals surface area contributed by atoms with Crippen LogP contribution < -0.4 is 5.56 Å². The van der Waals surface area contributed by atoms with E-state index in [9.17, 15) is 9.59 Å². The lowest BCUT2D eigenvalue weighted by molar-refractivity contribution is 0.0508. The Morgan fingerprint density at radius 1 is 1.36 bits per heavy atom. The summed E-state index contributed by atoms with van der Waals surface area (Å²) in [6.45, 7) is 5.88. The van der Waals surface area contributed by atoms with E-state index in [1.165, 1.54) is 17.0 Å². The lowest BCUT2D eigenvalue weighted by atomic mass is 10.0. The van der Waals surface area contributed by atoms with Crippen LogP contribution in [-0.2, 0) is 11.2 Å². The summed E-state index contributed by atoms with van der Waals surface area (Å²) in [6.07, 6.45) is 4.90. The van der Waals surface area contributed by atoms with Crippen molar-refractivity contribution in [3.05, 3.63) is 57.5 Å². The SMILES string of the molecule is Cc1nc2nc[nH]n2c(=O)c1CCOC(=O)c1cncc(C(C)C)c1. The van der Waals surface area contributed by atoms with Gasteiger partial charge in [0, 0.05) is 24.4 Å². The number of aromatic amines is 1. The summed E-state index contributed by atoms with van der Waals surface area (Å²) in [4.78, 5) is 36.8. The van der Waals surface area contributed by atoms with E-state index in [0.29, 0.717) is 22.6 Å². The number of nitrogens with one attached hydrogen (secondary N) is 1. The number of hydrogen-bond acceptors (Lipinski definition) is 6. The molecule has 0 aliphatic heterocycles. The molecular weight excluding hydrogens is 322 g/mol. The Morgan fingerprint density at radius 3 is 2.92 bits per heavy atom. The van der Waals surface area contributed by atoms with Gasteiger partial charge in [-0.15, -0.1) is 0 Å². The Bertz CT molecular complexity index is 974. The fourth-order valence-corrected chi connectivity index (χ4v) is 2.50. The maximum Gasteiger partial charge on any atom is 0.339 e. The van der Waals surface area contributed by atoms with Crippen LogP contribution in [0.15, 0.2) is 29.6 Å². The zero-order valence-electron chi connectivity index (χ0n) is 14.3. The Morgan fingerprint density at radius 2 is 2.16 bits per heavy atom. The van der Waals surface area contributed by atoms with Crippen LogP contribution in [0.2, 0.25) is 0 Å². The highest BCUT2D eigenvalue weighted by atomic mass is 16.5. The fraction of sp³-hybridized carbons (Fsp3) is 0.353. The van der Waals surface area contributed by atoms with Crippen molar-refractivity contribution in [3.63, 3.8) is 0 Å². The van der Waals surface area contributed by atoms with E-state index in [1.54, 1.807) is 19.2 Å². The monoisotopic (exact) mass is 341 g/mol. The summed E-state index contributed by atoms with van der Waals surface area (Å²) in [5.41, 5.74) is 2.21. The average Bonchev–Trinajstić information content (AvgIpc) is 3.06. The second-order valence-corrected chi connectivity index (χ2v) is 6.05. The molecular formula is C17H19N5O3. The minimum Gasteiger partial charge on any atom is -0.462 e. The zero-order valence-corrected chi connectivity index (χ0v) is 14.3. The van der Waals surface area contributed by atoms with Crippen LogP contribution in [0.5, 0.6) is 0 Å². The number of aromatic nitrogens is 5. The van der Waals surface area contributed by atoms with E-state index in [0.717, 1.165) is 5.56 Å². The predicted octanol–water partition coefficient (Wildman–Crippen LogP) is 1.64. The van der Waals surface area contributed by atoms with E-state index in [4.69, 9.17) is 4.74 Å². The van der Waals surface area contributed by atoms with Crippen LogP contribution in [0.4, 0.5) is 0 Å². The zero-order chi connectivity index (χ0) is 18.0. The highest BCUT2D eigenvalue weighted by molar-refractivity contribution is 5.89. The summed E-state index contributed by atoms with van der Waals surface area (Å²) in [5, 5.41) is 2.71. The number of carbonyl (C=O) groups is 1. The summed E-state index contributed by atoms with van der Waals surface area (Å²) >= 11 is 0. The normalized spacial score (nSPS) is 11.2. The molecule has 3 aromatic heterocycles. The van der Waals surface area contributed by atoms with Crippen molar-refractivity contribution < 1.29 is 9.53 Å². The molecule has 0 bridgehead atoms. The third-order valence-corrected chi connectivity index (χ3v) is 3.98. The van der Waals surface area contributed by atoms with Crippen molar-refractivity contribution in [2.45, 2.75) is 33.1 Å². The number of fused-ring (bicyclic) bond motifs is 1. The molecule has 0 aromatic carbocycles. The lowest BCUT2D eigenvalue weighted by Gasteiger charge is -2.08. The molecule has 25 heavy (non-hydrogen) atoms. The van der Waals surface area contributed by atoms with Gasteiger partial charge in [-0.05, 0) is 24.5 Å². The van der Waals surface area contributed by atoms with E-state index < -0.39 is 5.97 Å². The van der Waals surface area contributed by atoms with Crippen LogP contribution in [0.3, 0.4) is 0 Å². The van der Waals surface area contributed by atoms with Gasteiger partial charge in [-0.25, -0.2) is 14.8 Å². The molecule has 8 nitrogen and oxygen atoms in total. The Kier molecular flexibility index (Phi) is 4.60. The molecule has 3 heterocycles. The van der Waals surface area contributed by atoms with Crippen molar-refractivity contribution in [2.24, 2.45) is 0 Å². The molecule has 3 aromatic rings. The van der Waals surface area contributed by atoms with Crippen molar-refractivity contribution in [1.82, 2.24) is 24.6 Å². The molecule has 130 valence electrons. The third-order valence-electron chi connectivity index (χ3n) is 3.98. The second kappa shape index (κ2) is 6.84. The maximum atomic E-state index is 12.4. The number of hydrogen-bond donors (Lipinski definition) is 1. The highest BCUT2D eigenvalue weighted by Gasteiger charge is 2.14. The van der Waals surface area contributed by atoms with Crippen molar-refractivity contribution in [3.8, 4) is 0 Å². The molecule has 0 saturated carbocycles. The van der Waals surface area contributed by atoms with Crippen molar-refractivity contribution >= 4 is 11.7 Å². The van der Waals surface area contributed by atoms with Gasteiger partial charge in [-0.3, -0.25) is 14.9 Å². The molecule has 0 amide bonds. The first kappa shape index (κ1) is 16.8. The van der Waals surface area contributed by atoms with Crippen molar-refractivity contribution in [1.29, 1.82) is 0 Å². The van der Waals surface area contributed by atoms with E-state index in [1.807, 2.05) is 13.8 Å². The van der Waals surface area contributed by atoms with Gasteiger partial charge in [0.2, 0.25) is 0 Å². The molecule has 1 N–H and O–H groups in total. The maximum absolute atomic E-state index is 12.4. The second-order valence-electron chi connectivity index (χ2n) is 6.05. The predicted molar refractivity (Wildman–Crippen MR) is 90.7 cm³/mol. The smallest absolute Gasteiger partial charge is 0.339 e. The molecule has 3 rings (SSSR count). The number of pyridine rings is 1. The number of ether oxygens (including phenoxy) is 1. The first-order valence-electron chi connectivity index (χ1n) is 8.01. The molecule has 8 heteroatoms. The molecule has 0 atom stereocenters. The number of carbonyl (C=O) groups excluding carboxylic acids is 1. The van der Waals surface area contributed by atoms with Crippen LogP contribution in [0, 0.1) is 6.92 Å². The first-order valence-corrected chi connectivity index (χ1v) is 8.01. The summed E-state index contributed by atoms with van der Waals surface area (Å²) in [6, 6.07) is 1.78. The van der Waals surface area contributed by atoms with Crippen LogP contribution >= 0.6 is 0 Å². The average molecular weight is 341 g/mol. The minimum absolute atomic E-state index is 0.0860. The highest BCUT2D eigenvalue weighted by Crippen LogP contribution is 2.14. The standard InChI is InChI=1S/C17H19N5O3/c1-10(2)12-6-13(8-18-7-12)16(24)25-5-4-14-11(3)21-17-19-9-20-22(17)15(14)23/h6-10H,4-5H2,1-3H3,(H,19,20,21). The van der Waals surface area contributed by atoms with Gasteiger partial charge in [0.25, 0.3) is 11.3 Å². The quantitative estimate of drug-likeness (QED) is 0.708. The minimum atomic E-state index is -0.455. The molecule has 0 spiro atoms. The number of aryl methyl sites for hydroxylation is 1. The van der Waals surface area contributed by atoms with Gasteiger partial charge in [-0.1, -0.05) is 13.8 Å². The van der Waals surface area contributed by atoms with E-state index in [-0.39, 0.29) is 24.5 Å². The molecule has 0 aliphatic rings. The largest absolute Gasteiger partial charge is 0.462 e. The Labute approximate surface area is 143 Å². The van der Waals surface area contributed by atoms with Gasteiger partial charge >= 0.3 is 5.97 Å². The summed E-state index contributed by atoms with van der Waals surface area (Å²) in [5.74, 6) is 0.137. The van der Waals surface area contributed by atoms with Crippen LogP contribution in [-0.4, -0.2) is 37.1 Å². The first-order chi connectivity index (χ1) is 12.0. The van der Waals surface area contributed by atoms with Crippen LogP contribution in [0.25, 0.3) is 5.78 Å². The topological polar surface area (TPSA) is 102 Å². The van der Waals surface area contributed by atoms with Gasteiger partial charge in [0.15, 0.2) is 0 Å². The number of H-pyrrole nitrogens is 1. The number of nitrogens with zero attached hydrogens (tertiary/aromatic N) is 4. The van der Waals surface area contributed by atoms with Gasteiger partial charge in [-0.2, -0.15) is 4.52 Å². The van der Waals surface area contributed by atoms with Gasteiger partial charge < -0.3 is 4.74 Å². The molecule has 0 saturated heterocycles. The lowest BCUT2D eigenvalue weighted by Crippen LogP contribution is -2.23. The molecule has 0 unspecified atom stereocenters. The number of esters is 1. The summed E-state index contributed by atoms with van der Waals surface area (Å²) < 4.78 is 6.55. The fourth-order valence-electron chi connectivity index (χ4n) is 2.50. The van der Waals surface area contributed by atoms with Crippen LogP contribution in [0.1, 0.15) is 46.9 Å². The van der Waals surface area contributed by atoms with Gasteiger partial charge in [0.1, 0.15) is 6.33 Å². The van der Waals surface area contributed by atoms with E-state index in [2.05, 4.69) is 20.1 Å². The van der Waals surface area contributed by atoms with Crippen molar-refractivity contribution in [2.75, 3.05) is 6.61 Å².